The van der Waals surface area contributed by atoms with Gasteiger partial charge in [-0.05, 0) is 30.4 Å². The molecular weight excluding hydrogens is 248 g/mol. The van der Waals surface area contributed by atoms with Crippen LogP contribution in [0.2, 0.25) is 0 Å². The zero-order valence-electron chi connectivity index (χ0n) is 12.0. The van der Waals surface area contributed by atoms with Crippen molar-refractivity contribution in [3.05, 3.63) is 24.3 Å². The van der Waals surface area contributed by atoms with E-state index in [1.165, 1.54) is 25.7 Å². The molecule has 4 nitrogen and oxygen atoms in total. The average Bonchev–Trinajstić information content (AvgIpc) is 2.46. The number of nitrogens with one attached hydrogen (secondary N) is 1. The van der Waals surface area contributed by atoms with Crippen molar-refractivity contribution in [1.82, 2.24) is 9.97 Å². The second kappa shape index (κ2) is 5.65. The van der Waals surface area contributed by atoms with Gasteiger partial charge in [0.05, 0.1) is 5.52 Å². The van der Waals surface area contributed by atoms with Crippen LogP contribution in [-0.4, -0.2) is 16.5 Å². The second-order valence-electron chi connectivity index (χ2n) is 5.85. The number of nitrogens with zero attached hydrogens (tertiary/aromatic N) is 2. The van der Waals surface area contributed by atoms with E-state index in [1.54, 1.807) is 0 Å². The molecule has 0 bridgehead atoms. The normalized spacial score (nSPS) is 22.9. The monoisotopic (exact) mass is 270 g/mol. The molecule has 106 valence electrons. The lowest BCUT2D eigenvalue weighted by molar-refractivity contribution is 0.268. The van der Waals surface area contributed by atoms with Gasteiger partial charge in [-0.1, -0.05) is 38.3 Å². The molecule has 1 heterocycles. The van der Waals surface area contributed by atoms with Crippen molar-refractivity contribution in [2.24, 2.45) is 11.8 Å². The van der Waals surface area contributed by atoms with E-state index in [4.69, 9.17) is 5.73 Å². The summed E-state index contributed by atoms with van der Waals surface area (Å²) in [5.41, 5.74) is 6.70. The maximum atomic E-state index is 5.80. The molecule has 3 N–H and O–H groups in total. The topological polar surface area (TPSA) is 63.8 Å². The Labute approximate surface area is 119 Å². The van der Waals surface area contributed by atoms with Gasteiger partial charge in [0.25, 0.3) is 0 Å². The van der Waals surface area contributed by atoms with Gasteiger partial charge in [-0.3, -0.25) is 0 Å². The molecule has 1 saturated carbocycles. The Morgan fingerprint density at radius 2 is 2.00 bits per heavy atom. The maximum absolute atomic E-state index is 5.80. The standard InChI is InChI=1S/C16H22N4/c1-11-6-2-3-7-12(11)10-18-15-13-8-4-5-9-14(13)19-16(17)20-15/h4-5,8-9,11-12H,2-3,6-7,10H2,1H3,(H3,17,18,19,20). The fourth-order valence-corrected chi connectivity index (χ4v) is 3.15. The zero-order chi connectivity index (χ0) is 13.9. The van der Waals surface area contributed by atoms with Gasteiger partial charge >= 0.3 is 0 Å². The van der Waals surface area contributed by atoms with Gasteiger partial charge in [0, 0.05) is 11.9 Å². The van der Waals surface area contributed by atoms with E-state index in [0.29, 0.717) is 5.95 Å². The SMILES string of the molecule is CC1CCCCC1CNc1nc(N)nc2ccccc12. The largest absolute Gasteiger partial charge is 0.369 e. The molecule has 0 aliphatic heterocycles. The van der Waals surface area contributed by atoms with E-state index in [0.717, 1.165) is 35.1 Å². The zero-order valence-corrected chi connectivity index (χ0v) is 12.0. The first-order chi connectivity index (χ1) is 9.74. The Bertz CT molecular complexity index is 596. The summed E-state index contributed by atoms with van der Waals surface area (Å²) in [6.07, 6.45) is 5.38. The first-order valence-electron chi connectivity index (χ1n) is 7.50. The van der Waals surface area contributed by atoms with Crippen LogP contribution in [0, 0.1) is 11.8 Å². The van der Waals surface area contributed by atoms with Crippen LogP contribution in [0.3, 0.4) is 0 Å². The van der Waals surface area contributed by atoms with E-state index in [2.05, 4.69) is 22.2 Å². The van der Waals surface area contributed by atoms with Gasteiger partial charge in [0.15, 0.2) is 0 Å². The number of anilines is 2. The third kappa shape index (κ3) is 2.69. The highest BCUT2D eigenvalue weighted by Gasteiger charge is 2.21. The van der Waals surface area contributed by atoms with Crippen LogP contribution in [-0.2, 0) is 0 Å². The minimum absolute atomic E-state index is 0.336. The van der Waals surface area contributed by atoms with Crippen molar-refractivity contribution in [2.45, 2.75) is 32.6 Å². The first-order valence-corrected chi connectivity index (χ1v) is 7.50. The van der Waals surface area contributed by atoms with Crippen molar-refractivity contribution in [3.8, 4) is 0 Å². The number of benzene rings is 1. The number of nitrogens with two attached hydrogens (primary N) is 1. The van der Waals surface area contributed by atoms with E-state index in [1.807, 2.05) is 24.3 Å². The van der Waals surface area contributed by atoms with Crippen LogP contribution >= 0.6 is 0 Å². The minimum Gasteiger partial charge on any atom is -0.369 e. The predicted octanol–water partition coefficient (Wildman–Crippen LogP) is 3.45. The third-order valence-corrected chi connectivity index (χ3v) is 4.44. The summed E-state index contributed by atoms with van der Waals surface area (Å²) in [6.45, 7) is 3.33. The Morgan fingerprint density at radius 1 is 1.20 bits per heavy atom. The van der Waals surface area contributed by atoms with E-state index < -0.39 is 0 Å². The Hall–Kier alpha value is -1.84. The average molecular weight is 270 g/mol. The number of para-hydroxylation sites is 1. The number of rotatable bonds is 3. The number of fused-ring (bicyclic) bond motifs is 1. The summed E-state index contributed by atoms with van der Waals surface area (Å²) in [5, 5.41) is 4.54. The number of hydrogen-bond donors (Lipinski definition) is 2. The van der Waals surface area contributed by atoms with Gasteiger partial charge < -0.3 is 11.1 Å². The van der Waals surface area contributed by atoms with Crippen LogP contribution in [0.25, 0.3) is 10.9 Å². The molecule has 0 radical (unpaired) electrons. The van der Waals surface area contributed by atoms with Gasteiger partial charge in [-0.25, -0.2) is 4.98 Å². The maximum Gasteiger partial charge on any atom is 0.222 e. The smallest absolute Gasteiger partial charge is 0.222 e. The summed E-state index contributed by atoms with van der Waals surface area (Å²) in [7, 11) is 0. The summed E-state index contributed by atoms with van der Waals surface area (Å²) in [6, 6.07) is 8.00. The van der Waals surface area contributed by atoms with E-state index in [-0.39, 0.29) is 0 Å². The molecule has 1 aromatic carbocycles. The lowest BCUT2D eigenvalue weighted by atomic mass is 9.80. The van der Waals surface area contributed by atoms with Crippen molar-refractivity contribution < 1.29 is 0 Å². The van der Waals surface area contributed by atoms with Crippen LogP contribution in [0.1, 0.15) is 32.6 Å². The summed E-state index contributed by atoms with van der Waals surface area (Å²) in [5.74, 6) is 2.73. The highest BCUT2D eigenvalue weighted by Crippen LogP contribution is 2.30. The van der Waals surface area contributed by atoms with Crippen LogP contribution in [0.15, 0.2) is 24.3 Å². The van der Waals surface area contributed by atoms with Gasteiger partial charge in [0.1, 0.15) is 5.82 Å². The molecule has 1 aromatic heterocycles. The third-order valence-electron chi connectivity index (χ3n) is 4.44. The van der Waals surface area contributed by atoms with Crippen LogP contribution in [0.4, 0.5) is 11.8 Å². The molecule has 1 fully saturated rings. The Balaban J connectivity index is 1.80. The quantitative estimate of drug-likeness (QED) is 0.896. The molecule has 0 amide bonds. The lowest BCUT2D eigenvalue weighted by Crippen LogP contribution is -2.24. The Morgan fingerprint density at radius 3 is 2.85 bits per heavy atom. The van der Waals surface area contributed by atoms with Crippen molar-refractivity contribution in [3.63, 3.8) is 0 Å². The molecule has 1 aliphatic rings. The summed E-state index contributed by atoms with van der Waals surface area (Å²) >= 11 is 0. The lowest BCUT2D eigenvalue weighted by Gasteiger charge is -2.29. The van der Waals surface area contributed by atoms with Crippen molar-refractivity contribution >= 4 is 22.7 Å². The van der Waals surface area contributed by atoms with Crippen molar-refractivity contribution in [1.29, 1.82) is 0 Å². The van der Waals surface area contributed by atoms with Crippen molar-refractivity contribution in [2.75, 3.05) is 17.6 Å². The number of aromatic nitrogens is 2. The van der Waals surface area contributed by atoms with Gasteiger partial charge in [-0.15, -0.1) is 0 Å². The molecule has 2 atom stereocenters. The fourth-order valence-electron chi connectivity index (χ4n) is 3.15. The molecule has 2 unspecified atom stereocenters. The number of nitrogen functional groups attached to an aromatic ring is 1. The molecular formula is C16H22N4. The molecule has 20 heavy (non-hydrogen) atoms. The fraction of sp³-hybridized carbons (Fsp3) is 0.500. The highest BCUT2D eigenvalue weighted by atomic mass is 15.1. The highest BCUT2D eigenvalue weighted by molar-refractivity contribution is 5.89. The Kier molecular flexibility index (Phi) is 3.72. The molecule has 0 saturated heterocycles. The van der Waals surface area contributed by atoms with E-state index >= 15 is 0 Å². The van der Waals surface area contributed by atoms with E-state index in [9.17, 15) is 0 Å². The molecule has 4 heteroatoms. The van der Waals surface area contributed by atoms with Gasteiger partial charge in [0.2, 0.25) is 5.95 Å². The van der Waals surface area contributed by atoms with Gasteiger partial charge in [-0.2, -0.15) is 4.98 Å². The molecule has 2 aromatic rings. The number of hydrogen-bond acceptors (Lipinski definition) is 4. The molecule has 0 spiro atoms. The minimum atomic E-state index is 0.336. The molecule has 3 rings (SSSR count). The molecule has 1 aliphatic carbocycles. The van der Waals surface area contributed by atoms with Crippen LogP contribution < -0.4 is 11.1 Å². The summed E-state index contributed by atoms with van der Waals surface area (Å²) in [4.78, 5) is 8.64. The summed E-state index contributed by atoms with van der Waals surface area (Å²) < 4.78 is 0. The first kappa shape index (κ1) is 13.2. The predicted molar refractivity (Wildman–Crippen MR) is 83.6 cm³/mol. The second-order valence-corrected chi connectivity index (χ2v) is 5.85. The van der Waals surface area contributed by atoms with Crippen LogP contribution in [0.5, 0.6) is 0 Å².